The Balaban J connectivity index is 1.46. The first-order valence-electron chi connectivity index (χ1n) is 9.44. The Morgan fingerprint density at radius 3 is 2.71 bits per heavy atom. The molecule has 1 aliphatic heterocycles. The highest BCUT2D eigenvalue weighted by molar-refractivity contribution is 5.90. The number of likely N-dealkylation sites (tertiary alicyclic amines) is 1. The molecule has 4 aromatic rings. The summed E-state index contributed by atoms with van der Waals surface area (Å²) in [6, 6.07) is 8.04. The topological polar surface area (TPSA) is 75.9 Å². The van der Waals surface area contributed by atoms with Crippen molar-refractivity contribution < 1.29 is 18.0 Å². The number of carbonyl (C=O) groups excluding carboxylic acids is 1. The highest BCUT2D eigenvalue weighted by Gasteiger charge is 2.30. The van der Waals surface area contributed by atoms with Crippen molar-refractivity contribution in [1.29, 1.82) is 0 Å². The Morgan fingerprint density at radius 1 is 1.10 bits per heavy atom. The maximum absolute atomic E-state index is 14.5. The zero-order valence-corrected chi connectivity index (χ0v) is 16.0. The predicted molar refractivity (Wildman–Crippen MR) is 107 cm³/mol. The minimum Gasteiger partial charge on any atom is -0.319 e. The predicted octanol–water partition coefficient (Wildman–Crippen LogP) is 3.95. The van der Waals surface area contributed by atoms with E-state index in [4.69, 9.17) is 0 Å². The molecule has 0 saturated carbocycles. The van der Waals surface area contributed by atoms with Gasteiger partial charge in [0, 0.05) is 35.2 Å². The summed E-state index contributed by atoms with van der Waals surface area (Å²) in [5.74, 6) is -1.04. The summed E-state index contributed by atoms with van der Waals surface area (Å²) in [6.45, 7) is 0.0740. The molecule has 7 nitrogen and oxygen atoms in total. The molecule has 0 atom stereocenters. The minimum atomic E-state index is -1.01. The van der Waals surface area contributed by atoms with E-state index in [1.165, 1.54) is 52.3 Å². The SMILES string of the molecule is O=C(Nc1ccc(F)c(-n2cc3cc(-c4ncccc4F)cnc3n2)c1)N1CC(F)C1. The third-order valence-corrected chi connectivity index (χ3v) is 4.96. The van der Waals surface area contributed by atoms with Crippen LogP contribution in [0.4, 0.5) is 23.7 Å². The number of alkyl halides is 1. The molecule has 31 heavy (non-hydrogen) atoms. The quantitative estimate of drug-likeness (QED) is 0.541. The lowest BCUT2D eigenvalue weighted by atomic mass is 10.1. The molecule has 4 heterocycles. The number of carbonyl (C=O) groups is 1. The van der Waals surface area contributed by atoms with Crippen LogP contribution in [0.25, 0.3) is 28.0 Å². The van der Waals surface area contributed by atoms with Crippen molar-refractivity contribution in [1.82, 2.24) is 24.6 Å². The number of nitrogens with one attached hydrogen (secondary N) is 1. The maximum Gasteiger partial charge on any atom is 0.322 e. The second-order valence-electron chi connectivity index (χ2n) is 7.14. The Kier molecular flexibility index (Phi) is 4.54. The Hall–Kier alpha value is -3.95. The molecular formula is C21H15F3N6O. The average Bonchev–Trinajstić information content (AvgIpc) is 3.16. The number of nitrogens with zero attached hydrogens (tertiary/aromatic N) is 5. The first-order valence-corrected chi connectivity index (χ1v) is 9.44. The van der Waals surface area contributed by atoms with E-state index < -0.39 is 23.8 Å². The smallest absolute Gasteiger partial charge is 0.319 e. The number of anilines is 1. The zero-order chi connectivity index (χ0) is 21.5. The molecule has 10 heteroatoms. The first kappa shape index (κ1) is 19.0. The second-order valence-corrected chi connectivity index (χ2v) is 7.14. The normalized spacial score (nSPS) is 14.0. The van der Waals surface area contributed by atoms with Crippen molar-refractivity contribution in [2.75, 3.05) is 18.4 Å². The number of amides is 2. The molecule has 0 unspecified atom stereocenters. The summed E-state index contributed by atoms with van der Waals surface area (Å²) >= 11 is 0. The molecule has 0 bridgehead atoms. The van der Waals surface area contributed by atoms with E-state index in [1.807, 2.05) is 0 Å². The molecule has 5 rings (SSSR count). The molecule has 3 aromatic heterocycles. The molecule has 1 aromatic carbocycles. The van der Waals surface area contributed by atoms with Crippen molar-refractivity contribution in [3.8, 4) is 16.9 Å². The number of aromatic nitrogens is 4. The number of urea groups is 1. The molecule has 0 aliphatic carbocycles. The summed E-state index contributed by atoms with van der Waals surface area (Å²) in [7, 11) is 0. The summed E-state index contributed by atoms with van der Waals surface area (Å²) in [6.07, 6.45) is 3.47. The fraction of sp³-hybridized carbons (Fsp3) is 0.143. The molecule has 1 aliphatic rings. The lowest BCUT2D eigenvalue weighted by Crippen LogP contribution is -2.53. The highest BCUT2D eigenvalue weighted by atomic mass is 19.1. The number of halogens is 3. The molecular weight excluding hydrogens is 409 g/mol. The van der Waals surface area contributed by atoms with Gasteiger partial charge in [-0.25, -0.2) is 27.6 Å². The number of pyridine rings is 2. The van der Waals surface area contributed by atoms with Crippen LogP contribution in [-0.2, 0) is 0 Å². The summed E-state index contributed by atoms with van der Waals surface area (Å²) < 4.78 is 42.8. The van der Waals surface area contributed by atoms with E-state index in [-0.39, 0.29) is 24.5 Å². The standard InChI is InChI=1S/C21H15F3N6O/c22-14-10-29(11-14)21(31)27-15-3-4-16(23)18(7-15)30-9-13-6-12(8-26-20(13)28-30)19-17(24)2-1-5-25-19/h1-9,14H,10-11H2,(H,27,31). The zero-order valence-electron chi connectivity index (χ0n) is 16.0. The van der Waals surface area contributed by atoms with Crippen LogP contribution in [0.15, 0.2) is 55.0 Å². The van der Waals surface area contributed by atoms with Gasteiger partial charge in [0.2, 0.25) is 0 Å². The molecule has 1 fully saturated rings. The third kappa shape index (κ3) is 3.56. The monoisotopic (exact) mass is 424 g/mol. The fourth-order valence-corrected chi connectivity index (χ4v) is 3.33. The summed E-state index contributed by atoms with van der Waals surface area (Å²) in [4.78, 5) is 21.7. The largest absolute Gasteiger partial charge is 0.322 e. The number of fused-ring (bicyclic) bond motifs is 1. The van der Waals surface area contributed by atoms with Gasteiger partial charge in [-0.2, -0.15) is 0 Å². The van der Waals surface area contributed by atoms with Gasteiger partial charge in [0.1, 0.15) is 29.2 Å². The second kappa shape index (κ2) is 7.38. The first-order chi connectivity index (χ1) is 15.0. The van der Waals surface area contributed by atoms with Crippen LogP contribution in [-0.4, -0.2) is 49.9 Å². The van der Waals surface area contributed by atoms with Gasteiger partial charge in [0.05, 0.1) is 13.1 Å². The molecule has 1 N–H and O–H groups in total. The van der Waals surface area contributed by atoms with E-state index in [0.29, 0.717) is 22.3 Å². The van der Waals surface area contributed by atoms with Crippen LogP contribution in [0.2, 0.25) is 0 Å². The minimum absolute atomic E-state index is 0.0370. The van der Waals surface area contributed by atoms with Gasteiger partial charge in [-0.05, 0) is 36.4 Å². The van der Waals surface area contributed by atoms with Gasteiger partial charge in [-0.1, -0.05) is 0 Å². The highest BCUT2D eigenvalue weighted by Crippen LogP contribution is 2.25. The van der Waals surface area contributed by atoms with Crippen molar-refractivity contribution >= 4 is 22.8 Å². The van der Waals surface area contributed by atoms with Crippen LogP contribution in [0.5, 0.6) is 0 Å². The van der Waals surface area contributed by atoms with E-state index >= 15 is 0 Å². The van der Waals surface area contributed by atoms with Crippen molar-refractivity contribution in [2.45, 2.75) is 6.17 Å². The van der Waals surface area contributed by atoms with E-state index in [0.717, 1.165) is 0 Å². The molecule has 1 saturated heterocycles. The van der Waals surface area contributed by atoms with Crippen LogP contribution < -0.4 is 5.32 Å². The number of hydrogen-bond donors (Lipinski definition) is 1. The van der Waals surface area contributed by atoms with Crippen LogP contribution in [0, 0.1) is 11.6 Å². The molecule has 0 radical (unpaired) electrons. The Bertz CT molecular complexity index is 1300. The van der Waals surface area contributed by atoms with Gasteiger partial charge in [0.15, 0.2) is 5.65 Å². The molecule has 2 amide bonds. The van der Waals surface area contributed by atoms with Crippen molar-refractivity contribution in [3.63, 3.8) is 0 Å². The van der Waals surface area contributed by atoms with Gasteiger partial charge in [0.25, 0.3) is 0 Å². The Morgan fingerprint density at radius 2 is 1.94 bits per heavy atom. The fourth-order valence-electron chi connectivity index (χ4n) is 3.33. The van der Waals surface area contributed by atoms with Crippen LogP contribution in [0.3, 0.4) is 0 Å². The van der Waals surface area contributed by atoms with Gasteiger partial charge in [-0.15, -0.1) is 5.10 Å². The lowest BCUT2D eigenvalue weighted by Gasteiger charge is -2.34. The van der Waals surface area contributed by atoms with E-state index in [9.17, 15) is 18.0 Å². The van der Waals surface area contributed by atoms with Crippen molar-refractivity contribution in [2.24, 2.45) is 0 Å². The van der Waals surface area contributed by atoms with Gasteiger partial charge >= 0.3 is 6.03 Å². The van der Waals surface area contributed by atoms with E-state index in [2.05, 4.69) is 20.4 Å². The Labute approximate surface area is 174 Å². The number of rotatable bonds is 3. The van der Waals surface area contributed by atoms with Crippen LogP contribution >= 0.6 is 0 Å². The lowest BCUT2D eigenvalue weighted by molar-refractivity contribution is 0.0974. The maximum atomic E-state index is 14.5. The number of hydrogen-bond acceptors (Lipinski definition) is 4. The molecule has 0 spiro atoms. The number of benzene rings is 1. The summed E-state index contributed by atoms with van der Waals surface area (Å²) in [5, 5.41) is 7.45. The molecule has 156 valence electrons. The third-order valence-electron chi connectivity index (χ3n) is 4.96. The van der Waals surface area contributed by atoms with E-state index in [1.54, 1.807) is 12.3 Å². The average molecular weight is 424 g/mol. The van der Waals surface area contributed by atoms with Crippen molar-refractivity contribution in [3.05, 3.63) is 66.6 Å². The van der Waals surface area contributed by atoms with Gasteiger partial charge < -0.3 is 10.2 Å². The van der Waals surface area contributed by atoms with Crippen LogP contribution in [0.1, 0.15) is 0 Å². The van der Waals surface area contributed by atoms with Gasteiger partial charge in [-0.3, -0.25) is 4.98 Å². The summed E-state index contributed by atoms with van der Waals surface area (Å²) in [5.41, 5.74) is 1.39.